The first-order valence-corrected chi connectivity index (χ1v) is 8.95. The molecular weight excluding hydrogens is 354 g/mol. The highest BCUT2D eigenvalue weighted by atomic mass is 35.5. The number of nitrogens with zero attached hydrogens (tertiary/aromatic N) is 2. The van der Waals surface area contributed by atoms with Crippen molar-refractivity contribution in [2.24, 2.45) is 0 Å². The molecule has 0 radical (unpaired) electrons. The van der Waals surface area contributed by atoms with Gasteiger partial charge in [-0.3, -0.25) is 19.8 Å². The van der Waals surface area contributed by atoms with Crippen LogP contribution in [0.4, 0.5) is 5.69 Å². The molecule has 2 aromatic carbocycles. The summed E-state index contributed by atoms with van der Waals surface area (Å²) in [6.45, 7) is 2.45. The van der Waals surface area contributed by atoms with Crippen molar-refractivity contribution in [1.82, 2.24) is 10.2 Å². The summed E-state index contributed by atoms with van der Waals surface area (Å²) in [6, 6.07) is 14.2. The fraction of sp³-hybridized carbons (Fsp3) is 0.316. The summed E-state index contributed by atoms with van der Waals surface area (Å²) >= 11 is 5.81. The third kappa shape index (κ3) is 4.20. The number of carbonyl (C=O) groups excluding carboxylic acids is 1. The molecule has 1 heterocycles. The minimum atomic E-state index is -0.587. The van der Waals surface area contributed by atoms with Crippen LogP contribution in [0.1, 0.15) is 34.8 Å². The molecular formula is C19H20ClN3O3. The number of carbonyl (C=O) groups is 1. The Morgan fingerprint density at radius 2 is 1.88 bits per heavy atom. The Morgan fingerprint density at radius 1 is 1.19 bits per heavy atom. The van der Waals surface area contributed by atoms with Crippen LogP contribution in [0.3, 0.4) is 0 Å². The number of nitro groups is 1. The van der Waals surface area contributed by atoms with E-state index in [1.165, 1.54) is 18.2 Å². The number of nitrogens with one attached hydrogen (secondary N) is 1. The summed E-state index contributed by atoms with van der Waals surface area (Å²) in [6.07, 6.45) is 2.31. The lowest BCUT2D eigenvalue weighted by Gasteiger charge is -2.28. The van der Waals surface area contributed by atoms with Crippen LogP contribution in [0.15, 0.2) is 48.5 Å². The van der Waals surface area contributed by atoms with E-state index in [9.17, 15) is 14.9 Å². The van der Waals surface area contributed by atoms with Crippen molar-refractivity contribution in [3.8, 4) is 0 Å². The first kappa shape index (κ1) is 18.4. The Kier molecular flexibility index (Phi) is 5.85. The van der Waals surface area contributed by atoms with Gasteiger partial charge in [0.05, 0.1) is 11.0 Å². The number of benzene rings is 2. The van der Waals surface area contributed by atoms with Crippen molar-refractivity contribution >= 4 is 23.2 Å². The Morgan fingerprint density at radius 3 is 2.54 bits per heavy atom. The van der Waals surface area contributed by atoms with Gasteiger partial charge in [-0.2, -0.15) is 0 Å². The quantitative estimate of drug-likeness (QED) is 0.617. The highest BCUT2D eigenvalue weighted by molar-refractivity contribution is 6.32. The van der Waals surface area contributed by atoms with Crippen LogP contribution in [-0.4, -0.2) is 35.4 Å². The number of likely N-dealkylation sites (tertiary alicyclic amines) is 1. The minimum Gasteiger partial charge on any atom is -0.350 e. The molecule has 136 valence electrons. The molecule has 0 spiro atoms. The van der Waals surface area contributed by atoms with E-state index < -0.39 is 4.92 Å². The maximum absolute atomic E-state index is 12.5. The number of halogens is 1. The summed E-state index contributed by atoms with van der Waals surface area (Å²) in [4.78, 5) is 25.3. The second-order valence-electron chi connectivity index (χ2n) is 6.30. The highest BCUT2D eigenvalue weighted by Crippen LogP contribution is 2.26. The molecule has 1 aliphatic rings. The van der Waals surface area contributed by atoms with E-state index >= 15 is 0 Å². The van der Waals surface area contributed by atoms with Crippen LogP contribution in [0.5, 0.6) is 0 Å². The van der Waals surface area contributed by atoms with Crippen LogP contribution < -0.4 is 5.32 Å². The second-order valence-corrected chi connectivity index (χ2v) is 6.71. The van der Waals surface area contributed by atoms with Crippen LogP contribution in [0.25, 0.3) is 0 Å². The summed E-state index contributed by atoms with van der Waals surface area (Å²) in [5.74, 6) is -0.343. The van der Waals surface area contributed by atoms with Gasteiger partial charge in [0.25, 0.3) is 11.6 Å². The predicted molar refractivity (Wildman–Crippen MR) is 100 cm³/mol. The van der Waals surface area contributed by atoms with Gasteiger partial charge in [-0.15, -0.1) is 0 Å². The molecule has 2 aromatic rings. The summed E-state index contributed by atoms with van der Waals surface area (Å²) in [5, 5.41) is 13.9. The van der Waals surface area contributed by atoms with Gasteiger partial charge >= 0.3 is 0 Å². The molecule has 6 nitrogen and oxygen atoms in total. The largest absolute Gasteiger partial charge is 0.350 e. The Hall–Kier alpha value is -2.44. The monoisotopic (exact) mass is 373 g/mol. The number of rotatable bonds is 6. The van der Waals surface area contributed by atoms with Gasteiger partial charge in [-0.05, 0) is 43.6 Å². The van der Waals surface area contributed by atoms with Crippen molar-refractivity contribution in [3.05, 3.63) is 74.8 Å². The lowest BCUT2D eigenvalue weighted by Crippen LogP contribution is -2.36. The third-order valence-electron chi connectivity index (χ3n) is 4.63. The zero-order valence-electron chi connectivity index (χ0n) is 14.2. The molecule has 0 bridgehead atoms. The summed E-state index contributed by atoms with van der Waals surface area (Å²) < 4.78 is 0. The van der Waals surface area contributed by atoms with E-state index in [4.69, 9.17) is 11.6 Å². The van der Waals surface area contributed by atoms with Crippen molar-refractivity contribution in [2.75, 3.05) is 19.6 Å². The fourth-order valence-electron chi connectivity index (χ4n) is 3.27. The smallest absolute Gasteiger partial charge is 0.288 e. The molecule has 1 saturated heterocycles. The molecule has 1 aliphatic heterocycles. The molecule has 1 amide bonds. The van der Waals surface area contributed by atoms with Crippen LogP contribution >= 0.6 is 11.6 Å². The van der Waals surface area contributed by atoms with Gasteiger partial charge in [0.2, 0.25) is 0 Å². The van der Waals surface area contributed by atoms with Gasteiger partial charge in [-0.1, -0.05) is 41.9 Å². The maximum Gasteiger partial charge on any atom is 0.288 e. The van der Waals surface area contributed by atoms with E-state index in [0.717, 1.165) is 31.5 Å². The Balaban J connectivity index is 1.73. The maximum atomic E-state index is 12.5. The molecule has 0 unspecified atom stereocenters. The van der Waals surface area contributed by atoms with Gasteiger partial charge in [0.15, 0.2) is 0 Å². The molecule has 3 rings (SSSR count). The molecule has 0 aliphatic carbocycles. The number of hydrogen-bond acceptors (Lipinski definition) is 4. The molecule has 7 heteroatoms. The number of hydrogen-bond donors (Lipinski definition) is 1. The van der Waals surface area contributed by atoms with E-state index in [-0.39, 0.29) is 28.2 Å². The third-order valence-corrected chi connectivity index (χ3v) is 4.95. The van der Waals surface area contributed by atoms with Crippen LogP contribution in [-0.2, 0) is 0 Å². The normalized spacial score (nSPS) is 15.6. The Bertz CT molecular complexity index is 792. The zero-order valence-corrected chi connectivity index (χ0v) is 15.0. The number of amides is 1. The van der Waals surface area contributed by atoms with Crippen molar-refractivity contribution in [3.63, 3.8) is 0 Å². The number of nitro benzene ring substituents is 1. The Labute approximate surface area is 156 Å². The molecule has 1 N–H and O–H groups in total. The summed E-state index contributed by atoms with van der Waals surface area (Å²) in [7, 11) is 0. The summed E-state index contributed by atoms with van der Waals surface area (Å²) in [5.41, 5.74) is 1.12. The molecule has 0 saturated carbocycles. The topological polar surface area (TPSA) is 75.5 Å². The molecule has 1 atom stereocenters. The van der Waals surface area contributed by atoms with Gasteiger partial charge in [0.1, 0.15) is 5.02 Å². The second kappa shape index (κ2) is 8.29. The first-order valence-electron chi connectivity index (χ1n) is 8.57. The van der Waals surface area contributed by atoms with E-state index in [2.05, 4.69) is 22.3 Å². The van der Waals surface area contributed by atoms with Crippen molar-refractivity contribution < 1.29 is 9.72 Å². The van der Waals surface area contributed by atoms with Crippen LogP contribution in [0.2, 0.25) is 5.02 Å². The SMILES string of the molecule is O=C(NC[C@@H](c1ccccc1)N1CCCC1)c1ccc(Cl)c([N+](=O)[O-])c1. The van der Waals surface area contributed by atoms with Crippen molar-refractivity contribution in [1.29, 1.82) is 0 Å². The minimum absolute atomic E-state index is 0.0192. The van der Waals surface area contributed by atoms with Crippen molar-refractivity contribution in [2.45, 2.75) is 18.9 Å². The standard InChI is InChI=1S/C19H20ClN3O3/c20-16-9-8-15(12-17(16)23(25)26)19(24)21-13-18(22-10-4-5-11-22)14-6-2-1-3-7-14/h1-3,6-9,12,18H,4-5,10-11,13H2,(H,21,24)/t18-/m0/s1. The molecule has 1 fully saturated rings. The first-order chi connectivity index (χ1) is 12.6. The highest BCUT2D eigenvalue weighted by Gasteiger charge is 2.24. The average molecular weight is 374 g/mol. The lowest BCUT2D eigenvalue weighted by molar-refractivity contribution is -0.384. The van der Waals surface area contributed by atoms with E-state index in [1.54, 1.807) is 0 Å². The molecule has 26 heavy (non-hydrogen) atoms. The predicted octanol–water partition coefficient (Wildman–Crippen LogP) is 3.82. The van der Waals surface area contributed by atoms with Gasteiger partial charge < -0.3 is 5.32 Å². The van der Waals surface area contributed by atoms with Crippen LogP contribution in [0, 0.1) is 10.1 Å². The molecule has 0 aromatic heterocycles. The zero-order chi connectivity index (χ0) is 18.5. The van der Waals surface area contributed by atoms with Gasteiger partial charge in [0, 0.05) is 18.2 Å². The van der Waals surface area contributed by atoms with E-state index in [1.807, 2.05) is 18.2 Å². The van der Waals surface area contributed by atoms with E-state index in [0.29, 0.717) is 6.54 Å². The fourth-order valence-corrected chi connectivity index (χ4v) is 3.46. The van der Waals surface area contributed by atoms with Gasteiger partial charge in [-0.25, -0.2) is 0 Å². The lowest BCUT2D eigenvalue weighted by atomic mass is 10.1. The average Bonchev–Trinajstić information content (AvgIpc) is 3.17.